The highest BCUT2D eigenvalue weighted by Gasteiger charge is 2.38. The molecule has 2 unspecified atom stereocenters. The van der Waals surface area contributed by atoms with Crippen molar-refractivity contribution >= 4 is 88.5 Å². The molecule has 0 bridgehead atoms. The molecule has 56 heavy (non-hydrogen) atoms. The quantitative estimate of drug-likeness (QED) is 0.178. The van der Waals surface area contributed by atoms with E-state index in [2.05, 4.69) is 181 Å². The van der Waals surface area contributed by atoms with Crippen molar-refractivity contribution in [2.24, 2.45) is 0 Å². The first kappa shape index (κ1) is 30.3. The second kappa shape index (κ2) is 10.8. The number of rotatable bonds is 2. The van der Waals surface area contributed by atoms with Crippen LogP contribution in [-0.2, 0) is 0 Å². The molecular formula is C52H34N2O2. The summed E-state index contributed by atoms with van der Waals surface area (Å²) in [7, 11) is 0. The molecule has 8 aromatic carbocycles. The van der Waals surface area contributed by atoms with Gasteiger partial charge < -0.3 is 18.3 Å². The molecule has 0 spiro atoms. The zero-order chi connectivity index (χ0) is 36.8. The number of nitrogens with zero attached hydrogens (tertiary/aromatic N) is 2. The lowest BCUT2D eigenvalue weighted by Crippen LogP contribution is -2.34. The van der Waals surface area contributed by atoms with Crippen LogP contribution in [0.4, 0.5) is 0 Å². The van der Waals surface area contributed by atoms with Crippen LogP contribution in [0.5, 0.6) is 5.75 Å². The first-order valence-electron chi connectivity index (χ1n) is 19.5. The number of para-hydroxylation sites is 4. The van der Waals surface area contributed by atoms with Gasteiger partial charge in [0.15, 0.2) is 0 Å². The molecule has 0 saturated carbocycles. The molecule has 1 aliphatic carbocycles. The molecule has 4 heteroatoms. The van der Waals surface area contributed by atoms with Gasteiger partial charge in [-0.05, 0) is 113 Å². The van der Waals surface area contributed by atoms with Gasteiger partial charge in [-0.25, -0.2) is 0 Å². The fraction of sp³-hybridized carbons (Fsp3) is 0.0769. The van der Waals surface area contributed by atoms with E-state index >= 15 is 0 Å². The highest BCUT2D eigenvalue weighted by molar-refractivity contribution is 6.15. The van der Waals surface area contributed by atoms with Gasteiger partial charge in [0.25, 0.3) is 0 Å². The Balaban J connectivity index is 0.974. The molecule has 13 rings (SSSR count). The third-order valence-corrected chi connectivity index (χ3v) is 12.8. The zero-order valence-electron chi connectivity index (χ0n) is 30.9. The zero-order valence-corrected chi connectivity index (χ0v) is 30.9. The summed E-state index contributed by atoms with van der Waals surface area (Å²) >= 11 is 0. The van der Waals surface area contributed by atoms with Crippen molar-refractivity contribution in [1.29, 1.82) is 0 Å². The van der Waals surface area contributed by atoms with Crippen molar-refractivity contribution in [3.63, 3.8) is 0 Å². The van der Waals surface area contributed by atoms with E-state index in [1.54, 1.807) is 0 Å². The Morgan fingerprint density at radius 3 is 1.68 bits per heavy atom. The van der Waals surface area contributed by atoms with Crippen molar-refractivity contribution < 1.29 is 9.15 Å². The second-order valence-electron chi connectivity index (χ2n) is 15.7. The predicted molar refractivity (Wildman–Crippen MR) is 231 cm³/mol. The Morgan fingerprint density at radius 2 is 1.05 bits per heavy atom. The van der Waals surface area contributed by atoms with Crippen molar-refractivity contribution in [1.82, 2.24) is 9.13 Å². The minimum atomic E-state index is -0.103. The van der Waals surface area contributed by atoms with Crippen LogP contribution in [0.1, 0.15) is 22.6 Å². The van der Waals surface area contributed by atoms with Crippen LogP contribution in [0.25, 0.3) is 99.8 Å². The highest BCUT2D eigenvalue weighted by atomic mass is 16.5. The third kappa shape index (κ3) is 3.93. The van der Waals surface area contributed by atoms with Crippen LogP contribution in [-0.4, -0.2) is 15.2 Å². The van der Waals surface area contributed by atoms with Crippen molar-refractivity contribution in [2.45, 2.75) is 25.9 Å². The maximum absolute atomic E-state index is 6.95. The molecule has 0 fully saturated rings. The Bertz CT molecular complexity index is 3560. The fourth-order valence-corrected chi connectivity index (χ4v) is 10.1. The van der Waals surface area contributed by atoms with Gasteiger partial charge in [0.1, 0.15) is 23.0 Å². The SMILES string of the molecule is Cc1c2c(c3c(oc4cc5cc(-n6c7ccccc7c7ccccc76)ccc5cc43)c1C)C1C=c3ccc(-n4c5ccccc5c5ccccc54)cc3=CC1O2. The fourth-order valence-electron chi connectivity index (χ4n) is 10.1. The van der Waals surface area contributed by atoms with Gasteiger partial charge in [-0.2, -0.15) is 0 Å². The molecule has 264 valence electrons. The van der Waals surface area contributed by atoms with Crippen LogP contribution in [0.2, 0.25) is 0 Å². The Hall–Kier alpha value is -7.04. The number of hydrogen-bond donors (Lipinski definition) is 0. The molecule has 0 saturated heterocycles. The molecule has 0 amide bonds. The van der Waals surface area contributed by atoms with E-state index in [1.165, 1.54) is 70.4 Å². The lowest BCUT2D eigenvalue weighted by atomic mass is 9.85. The summed E-state index contributed by atoms with van der Waals surface area (Å²) in [6, 6.07) is 53.0. The largest absolute Gasteiger partial charge is 0.485 e. The summed E-state index contributed by atoms with van der Waals surface area (Å²) in [6.45, 7) is 4.35. The molecule has 3 aromatic heterocycles. The maximum atomic E-state index is 6.95. The monoisotopic (exact) mass is 718 g/mol. The minimum absolute atomic E-state index is 0.0764. The minimum Gasteiger partial charge on any atom is -0.485 e. The summed E-state index contributed by atoms with van der Waals surface area (Å²) in [5, 5.41) is 12.2. The average Bonchev–Trinajstić information content (AvgIpc) is 3.98. The van der Waals surface area contributed by atoms with Gasteiger partial charge in [0.05, 0.1) is 22.1 Å². The van der Waals surface area contributed by atoms with Gasteiger partial charge in [0.2, 0.25) is 0 Å². The van der Waals surface area contributed by atoms with Gasteiger partial charge in [0, 0.05) is 55.2 Å². The molecule has 0 radical (unpaired) electrons. The lowest BCUT2D eigenvalue weighted by Gasteiger charge is -2.17. The van der Waals surface area contributed by atoms with Crippen LogP contribution >= 0.6 is 0 Å². The van der Waals surface area contributed by atoms with Crippen molar-refractivity contribution in [3.8, 4) is 17.1 Å². The van der Waals surface area contributed by atoms with Gasteiger partial charge >= 0.3 is 0 Å². The van der Waals surface area contributed by atoms with Crippen LogP contribution in [0.15, 0.2) is 150 Å². The van der Waals surface area contributed by atoms with Crippen LogP contribution < -0.4 is 15.2 Å². The van der Waals surface area contributed by atoms with E-state index in [9.17, 15) is 0 Å². The molecule has 1 aliphatic heterocycles. The van der Waals surface area contributed by atoms with E-state index in [1.807, 2.05) is 0 Å². The number of aromatic nitrogens is 2. The lowest BCUT2D eigenvalue weighted by molar-refractivity contribution is 0.286. The molecular weight excluding hydrogens is 685 g/mol. The summed E-state index contributed by atoms with van der Waals surface area (Å²) in [5.74, 6) is 1.07. The normalized spacial score (nSPS) is 16.1. The Labute approximate surface area is 321 Å². The molecule has 2 aliphatic rings. The summed E-state index contributed by atoms with van der Waals surface area (Å²) < 4.78 is 18.6. The smallest absolute Gasteiger partial charge is 0.139 e. The van der Waals surface area contributed by atoms with E-state index in [0.29, 0.717) is 0 Å². The first-order valence-corrected chi connectivity index (χ1v) is 19.5. The van der Waals surface area contributed by atoms with Crippen LogP contribution in [0, 0.1) is 13.8 Å². The third-order valence-electron chi connectivity index (χ3n) is 12.8. The number of furan rings is 1. The molecule has 4 heterocycles. The summed E-state index contributed by atoms with van der Waals surface area (Å²) in [5.41, 5.74) is 12.5. The number of benzene rings is 8. The Kier molecular flexibility index (Phi) is 5.84. The van der Waals surface area contributed by atoms with Gasteiger partial charge in [-0.15, -0.1) is 0 Å². The van der Waals surface area contributed by atoms with Crippen molar-refractivity contribution in [3.05, 3.63) is 173 Å². The van der Waals surface area contributed by atoms with Gasteiger partial charge in [-0.1, -0.05) is 91.0 Å². The van der Waals surface area contributed by atoms with E-state index in [4.69, 9.17) is 9.15 Å². The number of aryl methyl sites for hydroxylation is 1. The number of fused-ring (bicyclic) bond motifs is 15. The topological polar surface area (TPSA) is 32.2 Å². The molecule has 11 aromatic rings. The number of hydrogen-bond acceptors (Lipinski definition) is 2. The molecule has 4 nitrogen and oxygen atoms in total. The number of ether oxygens (including phenoxy) is 1. The van der Waals surface area contributed by atoms with Crippen LogP contribution in [0.3, 0.4) is 0 Å². The molecule has 2 atom stereocenters. The second-order valence-corrected chi connectivity index (χ2v) is 15.7. The van der Waals surface area contributed by atoms with Gasteiger partial charge in [-0.3, -0.25) is 0 Å². The standard InChI is InChI=1S/C52H34N2O2/c1-29-30(2)52-50(42-26-32-20-22-36(24-34(32)28-48(42)56-52)54-45-17-9-5-13-39(45)40-14-6-10-18-46(40)54)49-41-25-31-19-21-35(23-33(31)27-47(41)55-51(29)49)53-43-15-7-3-11-37(43)38-12-4-8-16-44(38)53/h3-28,41,47H,1-2H3. The predicted octanol–water partition coefficient (Wildman–Crippen LogP) is 11.7. The summed E-state index contributed by atoms with van der Waals surface area (Å²) in [6.07, 6.45) is 4.66. The van der Waals surface area contributed by atoms with E-state index in [-0.39, 0.29) is 12.0 Å². The van der Waals surface area contributed by atoms with E-state index in [0.717, 1.165) is 50.2 Å². The maximum Gasteiger partial charge on any atom is 0.139 e. The average molecular weight is 719 g/mol. The molecule has 0 N–H and O–H groups in total. The van der Waals surface area contributed by atoms with E-state index < -0.39 is 0 Å². The highest BCUT2D eigenvalue weighted by Crippen LogP contribution is 2.51. The Morgan fingerprint density at radius 1 is 0.482 bits per heavy atom. The first-order chi connectivity index (χ1) is 27.6. The summed E-state index contributed by atoms with van der Waals surface area (Å²) in [4.78, 5) is 0. The van der Waals surface area contributed by atoms with Crippen molar-refractivity contribution in [2.75, 3.05) is 0 Å².